The number of hydrogen-bond donors (Lipinski definition) is 2. The summed E-state index contributed by atoms with van der Waals surface area (Å²) < 4.78 is 32.0. The van der Waals surface area contributed by atoms with Crippen LogP contribution in [0.2, 0.25) is 0 Å². The average Bonchev–Trinajstić information content (AvgIpc) is 2.69. The van der Waals surface area contributed by atoms with E-state index in [4.69, 9.17) is 4.74 Å². The highest BCUT2D eigenvalue weighted by Gasteiger charge is 2.31. The predicted molar refractivity (Wildman–Crippen MR) is 105 cm³/mol. The number of carbonyl (C=O) groups is 1. The smallest absolute Gasteiger partial charge is 0.256 e. The van der Waals surface area contributed by atoms with Crippen LogP contribution in [0.1, 0.15) is 49.9 Å². The molecule has 0 saturated heterocycles. The zero-order chi connectivity index (χ0) is 21.0. The third-order valence-electron chi connectivity index (χ3n) is 5.52. The summed E-state index contributed by atoms with van der Waals surface area (Å²) in [5, 5.41) is 13.1. The molecule has 0 spiro atoms. The van der Waals surface area contributed by atoms with E-state index in [-0.39, 0.29) is 29.0 Å². The Bertz CT molecular complexity index is 859. The number of rotatable bonds is 6. The number of aliphatic hydroxyl groups is 1. The number of halogens is 2. The molecule has 29 heavy (non-hydrogen) atoms. The highest BCUT2D eigenvalue weighted by molar-refractivity contribution is 5.96. The molecule has 1 heterocycles. The molecule has 3 rings (SSSR count). The molecule has 0 bridgehead atoms. The molecular weight excluding hydrogens is 378 g/mol. The number of pyridine rings is 1. The molecular formula is C22H26F2N2O3. The molecule has 0 unspecified atom stereocenters. The number of nitrogens with one attached hydrogen (secondary N) is 1. The normalized spacial score (nSPS) is 19.6. The molecule has 0 atom stereocenters. The van der Waals surface area contributed by atoms with Crippen LogP contribution in [-0.2, 0) is 0 Å². The SMILES string of the molecule is CC(C)(O)[C@H]1CC[C@H](CNC(=O)c2cccnc2Oc2ccc(F)c(F)c2)CC1. The lowest BCUT2D eigenvalue weighted by atomic mass is 9.75. The van der Waals surface area contributed by atoms with Crippen LogP contribution >= 0.6 is 0 Å². The molecule has 2 N–H and O–H groups in total. The van der Waals surface area contributed by atoms with Crippen molar-refractivity contribution >= 4 is 5.91 Å². The minimum atomic E-state index is -1.04. The Hall–Kier alpha value is -2.54. The number of carbonyl (C=O) groups excluding carboxylic acids is 1. The molecule has 0 aliphatic heterocycles. The van der Waals surface area contributed by atoms with Crippen molar-refractivity contribution in [1.82, 2.24) is 10.3 Å². The van der Waals surface area contributed by atoms with Gasteiger partial charge in [-0.15, -0.1) is 0 Å². The molecule has 2 aromatic rings. The third kappa shape index (κ3) is 5.50. The van der Waals surface area contributed by atoms with Gasteiger partial charge in [-0.3, -0.25) is 4.79 Å². The molecule has 1 aromatic carbocycles. The summed E-state index contributed by atoms with van der Waals surface area (Å²) in [6.07, 6.45) is 5.22. The van der Waals surface area contributed by atoms with Gasteiger partial charge in [-0.2, -0.15) is 0 Å². The topological polar surface area (TPSA) is 71.5 Å². The van der Waals surface area contributed by atoms with E-state index in [1.165, 1.54) is 12.3 Å². The van der Waals surface area contributed by atoms with Crippen molar-refractivity contribution in [3.05, 3.63) is 53.7 Å². The lowest BCUT2D eigenvalue weighted by molar-refractivity contribution is -0.00575. The van der Waals surface area contributed by atoms with Gasteiger partial charge in [0.1, 0.15) is 11.3 Å². The molecule has 156 valence electrons. The van der Waals surface area contributed by atoms with Gasteiger partial charge in [-0.1, -0.05) is 0 Å². The largest absolute Gasteiger partial charge is 0.438 e. The number of ether oxygens (including phenoxy) is 1. The molecule has 1 aromatic heterocycles. The van der Waals surface area contributed by atoms with E-state index in [1.54, 1.807) is 12.1 Å². The first-order chi connectivity index (χ1) is 13.7. The zero-order valence-corrected chi connectivity index (χ0v) is 16.6. The maximum atomic E-state index is 13.4. The zero-order valence-electron chi connectivity index (χ0n) is 16.6. The summed E-state index contributed by atoms with van der Waals surface area (Å²) in [7, 11) is 0. The second-order valence-corrected chi connectivity index (χ2v) is 8.12. The van der Waals surface area contributed by atoms with Gasteiger partial charge in [0.05, 0.1) is 5.60 Å². The van der Waals surface area contributed by atoms with Gasteiger partial charge >= 0.3 is 0 Å². The monoisotopic (exact) mass is 404 g/mol. The maximum absolute atomic E-state index is 13.4. The number of nitrogens with zero attached hydrogens (tertiary/aromatic N) is 1. The first kappa shape index (κ1) is 21.2. The van der Waals surface area contributed by atoms with Crippen molar-refractivity contribution < 1.29 is 23.4 Å². The van der Waals surface area contributed by atoms with Crippen LogP contribution in [0.3, 0.4) is 0 Å². The third-order valence-corrected chi connectivity index (χ3v) is 5.52. The first-order valence-electron chi connectivity index (χ1n) is 9.82. The van der Waals surface area contributed by atoms with Crippen LogP contribution in [-0.4, -0.2) is 28.1 Å². The van der Waals surface area contributed by atoms with E-state index in [1.807, 2.05) is 13.8 Å². The highest BCUT2D eigenvalue weighted by atomic mass is 19.2. The first-order valence-corrected chi connectivity index (χ1v) is 9.82. The molecule has 1 aliphatic rings. The van der Waals surface area contributed by atoms with Crippen molar-refractivity contribution in [3.63, 3.8) is 0 Å². The van der Waals surface area contributed by atoms with Gasteiger partial charge in [-0.05, 0) is 75.6 Å². The van der Waals surface area contributed by atoms with Crippen molar-refractivity contribution in [3.8, 4) is 11.6 Å². The van der Waals surface area contributed by atoms with Crippen molar-refractivity contribution in [2.75, 3.05) is 6.54 Å². The predicted octanol–water partition coefficient (Wildman–Crippen LogP) is 4.46. The Morgan fingerprint density at radius 1 is 1.21 bits per heavy atom. The summed E-state index contributed by atoms with van der Waals surface area (Å²) in [5.41, 5.74) is -0.446. The standard InChI is InChI=1S/C22H26F2N2O3/c1-22(2,28)15-7-5-14(6-8-15)13-26-20(27)17-4-3-11-25-21(17)29-16-9-10-18(23)19(24)12-16/h3-4,9-12,14-15,28H,5-8,13H2,1-2H3,(H,26,27)/t14-,15-. The number of amides is 1. The second kappa shape index (κ2) is 8.86. The van der Waals surface area contributed by atoms with E-state index in [9.17, 15) is 18.7 Å². The van der Waals surface area contributed by atoms with Crippen LogP contribution < -0.4 is 10.1 Å². The van der Waals surface area contributed by atoms with E-state index < -0.39 is 17.2 Å². The Balaban J connectivity index is 1.60. The van der Waals surface area contributed by atoms with Crippen molar-refractivity contribution in [1.29, 1.82) is 0 Å². The average molecular weight is 404 g/mol. The summed E-state index contributed by atoms with van der Waals surface area (Å²) >= 11 is 0. The van der Waals surface area contributed by atoms with Gasteiger partial charge in [0.15, 0.2) is 11.6 Å². The van der Waals surface area contributed by atoms with Crippen LogP contribution in [0, 0.1) is 23.5 Å². The molecule has 5 nitrogen and oxygen atoms in total. The Kier molecular flexibility index (Phi) is 6.47. The van der Waals surface area contributed by atoms with E-state index >= 15 is 0 Å². The lowest BCUT2D eigenvalue weighted by Gasteiger charge is -2.35. The van der Waals surface area contributed by atoms with Gasteiger partial charge < -0.3 is 15.2 Å². The number of aromatic nitrogens is 1. The van der Waals surface area contributed by atoms with E-state index in [0.717, 1.165) is 37.8 Å². The van der Waals surface area contributed by atoms with Gasteiger partial charge in [0.2, 0.25) is 5.88 Å². The van der Waals surface area contributed by atoms with Crippen LogP contribution in [0.4, 0.5) is 8.78 Å². The van der Waals surface area contributed by atoms with Crippen LogP contribution in [0.5, 0.6) is 11.6 Å². The fourth-order valence-corrected chi connectivity index (χ4v) is 3.70. The van der Waals surface area contributed by atoms with Crippen LogP contribution in [0.15, 0.2) is 36.5 Å². The maximum Gasteiger partial charge on any atom is 0.256 e. The summed E-state index contributed by atoms with van der Waals surface area (Å²) in [5.74, 6) is -1.63. The Morgan fingerprint density at radius 3 is 2.59 bits per heavy atom. The lowest BCUT2D eigenvalue weighted by Crippen LogP contribution is -2.37. The molecule has 1 saturated carbocycles. The summed E-state index contributed by atoms with van der Waals surface area (Å²) in [4.78, 5) is 16.7. The molecule has 1 amide bonds. The van der Waals surface area contributed by atoms with Gasteiger partial charge in [0, 0.05) is 18.8 Å². The van der Waals surface area contributed by atoms with Gasteiger partial charge in [-0.25, -0.2) is 13.8 Å². The van der Waals surface area contributed by atoms with Crippen molar-refractivity contribution in [2.24, 2.45) is 11.8 Å². The second-order valence-electron chi connectivity index (χ2n) is 8.12. The summed E-state index contributed by atoms with van der Waals surface area (Å²) in [6.45, 7) is 4.21. The molecule has 1 fully saturated rings. The molecule has 1 aliphatic carbocycles. The fourth-order valence-electron chi connectivity index (χ4n) is 3.70. The van der Waals surface area contributed by atoms with Gasteiger partial charge in [0.25, 0.3) is 5.91 Å². The van der Waals surface area contributed by atoms with Crippen molar-refractivity contribution in [2.45, 2.75) is 45.1 Å². The Labute approximate surface area is 169 Å². The fraction of sp³-hybridized carbons (Fsp3) is 0.455. The number of benzene rings is 1. The summed E-state index contributed by atoms with van der Waals surface area (Å²) in [6, 6.07) is 6.32. The minimum Gasteiger partial charge on any atom is -0.438 e. The number of hydrogen-bond acceptors (Lipinski definition) is 4. The van der Waals surface area contributed by atoms with E-state index in [2.05, 4.69) is 10.3 Å². The molecule has 0 radical (unpaired) electrons. The molecule has 7 heteroatoms. The highest BCUT2D eigenvalue weighted by Crippen LogP contribution is 2.35. The van der Waals surface area contributed by atoms with E-state index in [0.29, 0.717) is 12.5 Å². The minimum absolute atomic E-state index is 0.0294. The quantitative estimate of drug-likeness (QED) is 0.746. The Morgan fingerprint density at radius 2 is 1.93 bits per heavy atom. The van der Waals surface area contributed by atoms with Crippen LogP contribution in [0.25, 0.3) is 0 Å².